The molecule has 0 unspecified atom stereocenters. The number of amides is 2. The summed E-state index contributed by atoms with van der Waals surface area (Å²) in [5, 5.41) is 6.39. The summed E-state index contributed by atoms with van der Waals surface area (Å²) in [6.07, 6.45) is 1.37. The van der Waals surface area contributed by atoms with Gasteiger partial charge >= 0.3 is 5.97 Å². The number of hydrogen-bond acceptors (Lipinski definition) is 10. The van der Waals surface area contributed by atoms with Crippen LogP contribution < -0.4 is 39.2 Å². The van der Waals surface area contributed by atoms with E-state index in [2.05, 4.69) is 15.8 Å². The van der Waals surface area contributed by atoms with Crippen molar-refractivity contribution >= 4 is 24.0 Å². The zero-order chi connectivity index (χ0) is 29.1. The first-order valence-corrected chi connectivity index (χ1v) is 11.8. The van der Waals surface area contributed by atoms with E-state index in [9.17, 15) is 14.4 Å². The summed E-state index contributed by atoms with van der Waals surface area (Å²) in [4.78, 5) is 37.3. The second kappa shape index (κ2) is 14.0. The molecule has 0 saturated heterocycles. The molecule has 0 bridgehead atoms. The fourth-order valence-corrected chi connectivity index (χ4v) is 3.45. The standard InChI is InChI=1S/C28H29N3O9/c1-35-20-8-6-7-18(12-20)28(34)40-21-10-9-17(11-22(21)36-2)15-30-31-25(32)16-29-27(33)19-13-23(37-3)26(39-5)24(14-19)38-4/h6-15H,16H2,1-5H3,(H,29,33)(H,31,32). The highest BCUT2D eigenvalue weighted by molar-refractivity contribution is 5.97. The number of benzene rings is 3. The second-order valence-corrected chi connectivity index (χ2v) is 7.92. The minimum Gasteiger partial charge on any atom is -0.497 e. The van der Waals surface area contributed by atoms with Gasteiger partial charge in [-0.3, -0.25) is 9.59 Å². The number of esters is 1. The van der Waals surface area contributed by atoms with Crippen LogP contribution in [-0.4, -0.2) is 66.1 Å². The van der Waals surface area contributed by atoms with Gasteiger partial charge < -0.3 is 33.7 Å². The van der Waals surface area contributed by atoms with Gasteiger partial charge in [0, 0.05) is 5.56 Å². The lowest BCUT2D eigenvalue weighted by molar-refractivity contribution is -0.120. The smallest absolute Gasteiger partial charge is 0.343 e. The zero-order valence-electron chi connectivity index (χ0n) is 22.6. The molecule has 0 spiro atoms. The van der Waals surface area contributed by atoms with Crippen LogP contribution in [0.15, 0.2) is 59.7 Å². The topological polar surface area (TPSA) is 143 Å². The van der Waals surface area contributed by atoms with E-state index in [4.69, 9.17) is 28.4 Å². The number of nitrogens with one attached hydrogen (secondary N) is 2. The highest BCUT2D eigenvalue weighted by Crippen LogP contribution is 2.38. The minimum absolute atomic E-state index is 0.200. The molecule has 3 aromatic rings. The van der Waals surface area contributed by atoms with Crippen molar-refractivity contribution in [2.45, 2.75) is 0 Å². The van der Waals surface area contributed by atoms with E-state index in [1.54, 1.807) is 36.4 Å². The van der Waals surface area contributed by atoms with E-state index in [0.717, 1.165) is 0 Å². The third kappa shape index (κ3) is 7.40. The summed E-state index contributed by atoms with van der Waals surface area (Å²) in [6, 6.07) is 14.2. The molecule has 0 radical (unpaired) electrons. The highest BCUT2D eigenvalue weighted by Gasteiger charge is 2.18. The summed E-state index contributed by atoms with van der Waals surface area (Å²) in [5.74, 6) is 0.281. The van der Waals surface area contributed by atoms with E-state index >= 15 is 0 Å². The van der Waals surface area contributed by atoms with Crippen molar-refractivity contribution in [1.29, 1.82) is 0 Å². The van der Waals surface area contributed by atoms with Crippen LogP contribution in [0.25, 0.3) is 0 Å². The molecule has 0 fully saturated rings. The molecule has 0 aliphatic heterocycles. The Morgan fingerprint density at radius 3 is 2.08 bits per heavy atom. The van der Waals surface area contributed by atoms with Gasteiger partial charge in [-0.2, -0.15) is 5.10 Å². The molecule has 3 aromatic carbocycles. The van der Waals surface area contributed by atoms with Crippen LogP contribution in [0, 0.1) is 0 Å². The van der Waals surface area contributed by atoms with Crippen molar-refractivity contribution in [3.63, 3.8) is 0 Å². The molecule has 2 amide bonds. The second-order valence-electron chi connectivity index (χ2n) is 7.92. The predicted molar refractivity (Wildman–Crippen MR) is 145 cm³/mol. The number of ether oxygens (including phenoxy) is 6. The van der Waals surface area contributed by atoms with Gasteiger partial charge in [0.05, 0.1) is 53.9 Å². The minimum atomic E-state index is -0.584. The van der Waals surface area contributed by atoms with Crippen LogP contribution in [0.1, 0.15) is 26.3 Å². The largest absolute Gasteiger partial charge is 0.497 e. The fraction of sp³-hybridized carbons (Fsp3) is 0.214. The third-order valence-corrected chi connectivity index (χ3v) is 5.44. The van der Waals surface area contributed by atoms with E-state index < -0.39 is 17.8 Å². The first-order chi connectivity index (χ1) is 19.3. The van der Waals surface area contributed by atoms with Gasteiger partial charge in [-0.1, -0.05) is 6.07 Å². The first kappa shape index (κ1) is 29.3. The van der Waals surface area contributed by atoms with Gasteiger partial charge in [-0.25, -0.2) is 10.2 Å². The van der Waals surface area contributed by atoms with Crippen molar-refractivity contribution in [3.8, 4) is 34.5 Å². The summed E-state index contributed by atoms with van der Waals surface area (Å²) in [6.45, 7) is -0.338. The Labute approximate surface area is 230 Å². The van der Waals surface area contributed by atoms with Crippen LogP contribution in [0.4, 0.5) is 0 Å². The van der Waals surface area contributed by atoms with Crippen molar-refractivity contribution < 1.29 is 42.8 Å². The molecule has 2 N–H and O–H groups in total. The number of nitrogens with zero attached hydrogens (tertiary/aromatic N) is 1. The summed E-state index contributed by atoms with van der Waals surface area (Å²) >= 11 is 0. The van der Waals surface area contributed by atoms with Crippen LogP contribution >= 0.6 is 0 Å². The molecular weight excluding hydrogens is 522 g/mol. The maximum absolute atomic E-state index is 12.5. The lowest BCUT2D eigenvalue weighted by Crippen LogP contribution is -2.34. The lowest BCUT2D eigenvalue weighted by atomic mass is 10.1. The Morgan fingerprint density at radius 2 is 1.45 bits per heavy atom. The van der Waals surface area contributed by atoms with E-state index in [-0.39, 0.29) is 23.6 Å². The first-order valence-electron chi connectivity index (χ1n) is 11.8. The van der Waals surface area contributed by atoms with Crippen LogP contribution in [-0.2, 0) is 4.79 Å². The van der Waals surface area contributed by atoms with Crippen LogP contribution in [0.3, 0.4) is 0 Å². The Kier molecular flexibility index (Phi) is 10.3. The molecule has 40 heavy (non-hydrogen) atoms. The molecule has 3 rings (SSSR count). The Bertz CT molecular complexity index is 1380. The van der Waals surface area contributed by atoms with Crippen LogP contribution in [0.5, 0.6) is 34.5 Å². The molecule has 0 heterocycles. The van der Waals surface area contributed by atoms with Gasteiger partial charge in [-0.05, 0) is 54.1 Å². The molecule has 0 atom stereocenters. The van der Waals surface area contributed by atoms with E-state index in [1.165, 1.54) is 60.0 Å². The normalized spacial score (nSPS) is 10.4. The Hall–Kier alpha value is -5.26. The molecule has 0 aromatic heterocycles. The van der Waals surface area contributed by atoms with Crippen molar-refractivity contribution in [2.24, 2.45) is 5.10 Å². The predicted octanol–water partition coefficient (Wildman–Crippen LogP) is 2.83. The van der Waals surface area contributed by atoms with Gasteiger partial charge in [0.15, 0.2) is 23.0 Å². The monoisotopic (exact) mass is 551 g/mol. The van der Waals surface area contributed by atoms with E-state index in [0.29, 0.717) is 34.1 Å². The summed E-state index contributed by atoms with van der Waals surface area (Å²) in [5.41, 5.74) is 3.41. The van der Waals surface area contributed by atoms with Crippen LogP contribution in [0.2, 0.25) is 0 Å². The number of hydrazone groups is 1. The molecular formula is C28H29N3O9. The molecule has 12 nitrogen and oxygen atoms in total. The molecule has 0 aliphatic carbocycles. The molecule has 0 aliphatic rings. The average molecular weight is 552 g/mol. The quantitative estimate of drug-likeness (QED) is 0.150. The molecule has 210 valence electrons. The van der Waals surface area contributed by atoms with Gasteiger partial charge in [0.25, 0.3) is 11.8 Å². The van der Waals surface area contributed by atoms with Crippen molar-refractivity contribution in [3.05, 3.63) is 71.3 Å². The maximum atomic E-state index is 12.5. The fourth-order valence-electron chi connectivity index (χ4n) is 3.45. The summed E-state index contributed by atoms with van der Waals surface area (Å²) < 4.78 is 31.6. The number of rotatable bonds is 12. The number of hydrogen-bond donors (Lipinski definition) is 2. The zero-order valence-corrected chi connectivity index (χ0v) is 22.6. The van der Waals surface area contributed by atoms with Gasteiger partial charge in [0.1, 0.15) is 5.75 Å². The van der Waals surface area contributed by atoms with Crippen molar-refractivity contribution in [2.75, 3.05) is 42.1 Å². The third-order valence-electron chi connectivity index (χ3n) is 5.44. The Balaban J connectivity index is 1.57. The molecule has 12 heteroatoms. The van der Waals surface area contributed by atoms with Gasteiger partial charge in [-0.15, -0.1) is 0 Å². The number of methoxy groups -OCH3 is 5. The lowest BCUT2D eigenvalue weighted by Gasteiger charge is -2.14. The SMILES string of the molecule is COc1cccc(C(=O)Oc2ccc(C=NNC(=O)CNC(=O)c3cc(OC)c(OC)c(OC)c3)cc2OC)c1. The summed E-state index contributed by atoms with van der Waals surface area (Å²) in [7, 11) is 7.25. The maximum Gasteiger partial charge on any atom is 0.343 e. The number of carbonyl (C=O) groups excluding carboxylic acids is 3. The molecule has 0 saturated carbocycles. The van der Waals surface area contributed by atoms with Crippen molar-refractivity contribution in [1.82, 2.24) is 10.7 Å². The number of carbonyl (C=O) groups is 3. The highest BCUT2D eigenvalue weighted by atomic mass is 16.6. The van der Waals surface area contributed by atoms with E-state index in [1.807, 2.05) is 0 Å². The average Bonchev–Trinajstić information content (AvgIpc) is 2.99. The van der Waals surface area contributed by atoms with Gasteiger partial charge in [0.2, 0.25) is 5.75 Å². The Morgan fingerprint density at radius 1 is 0.750 bits per heavy atom.